The number of nitrogens with one attached hydrogen (secondary N) is 2. The van der Waals surface area contributed by atoms with Gasteiger partial charge in [-0.2, -0.15) is 0 Å². The van der Waals surface area contributed by atoms with E-state index >= 15 is 0 Å². The number of rotatable bonds is 9. The Bertz CT molecular complexity index is 700. The van der Waals surface area contributed by atoms with Crippen molar-refractivity contribution in [3.8, 4) is 0 Å². The minimum Gasteiger partial charge on any atom is -0.357 e. The van der Waals surface area contributed by atoms with Crippen LogP contribution >= 0.6 is 0 Å². The van der Waals surface area contributed by atoms with Crippen molar-refractivity contribution in [3.63, 3.8) is 0 Å². The van der Waals surface area contributed by atoms with Crippen molar-refractivity contribution in [3.05, 3.63) is 35.4 Å². The highest BCUT2D eigenvalue weighted by Crippen LogP contribution is 2.15. The fraction of sp³-hybridized carbons (Fsp3) is 0.667. The van der Waals surface area contributed by atoms with Gasteiger partial charge in [0, 0.05) is 39.3 Å². The molecular formula is C21H36N4O2S. The molecule has 7 heteroatoms. The Morgan fingerprint density at radius 3 is 2.43 bits per heavy atom. The molecule has 0 atom stereocenters. The van der Waals surface area contributed by atoms with E-state index in [0.29, 0.717) is 19.0 Å². The minimum absolute atomic E-state index is 0.277. The van der Waals surface area contributed by atoms with Gasteiger partial charge < -0.3 is 10.6 Å². The van der Waals surface area contributed by atoms with E-state index in [4.69, 9.17) is 0 Å². The second kappa shape index (κ2) is 11.4. The fourth-order valence-corrected chi connectivity index (χ4v) is 4.47. The molecule has 2 rings (SSSR count). The molecule has 1 heterocycles. The van der Waals surface area contributed by atoms with Crippen molar-refractivity contribution < 1.29 is 8.42 Å². The van der Waals surface area contributed by atoms with Gasteiger partial charge in [0.1, 0.15) is 0 Å². The number of aliphatic imine (C=N–C) groups is 1. The molecule has 0 radical (unpaired) electrons. The van der Waals surface area contributed by atoms with Crippen molar-refractivity contribution in [1.82, 2.24) is 15.5 Å². The Morgan fingerprint density at radius 1 is 1.14 bits per heavy atom. The van der Waals surface area contributed by atoms with E-state index < -0.39 is 9.84 Å². The highest BCUT2D eigenvalue weighted by molar-refractivity contribution is 7.91. The third kappa shape index (κ3) is 8.19. The van der Waals surface area contributed by atoms with Gasteiger partial charge in [-0.1, -0.05) is 38.1 Å². The highest BCUT2D eigenvalue weighted by Gasteiger charge is 2.20. The number of aryl methyl sites for hydroxylation is 1. The van der Waals surface area contributed by atoms with Gasteiger partial charge >= 0.3 is 0 Å². The van der Waals surface area contributed by atoms with Gasteiger partial charge in [0.15, 0.2) is 15.8 Å². The summed E-state index contributed by atoms with van der Waals surface area (Å²) in [6, 6.07) is 8.89. The Balaban J connectivity index is 1.69. The Morgan fingerprint density at radius 2 is 1.82 bits per heavy atom. The van der Waals surface area contributed by atoms with E-state index in [1.54, 1.807) is 0 Å². The van der Waals surface area contributed by atoms with Gasteiger partial charge in [-0.15, -0.1) is 0 Å². The van der Waals surface area contributed by atoms with Crippen molar-refractivity contribution in [2.45, 2.75) is 39.5 Å². The maximum atomic E-state index is 11.5. The lowest BCUT2D eigenvalue weighted by atomic mass is 10.0. The van der Waals surface area contributed by atoms with Crippen LogP contribution in [0.1, 0.15) is 44.2 Å². The fourth-order valence-electron chi connectivity index (χ4n) is 3.19. The van der Waals surface area contributed by atoms with Crippen LogP contribution in [0.2, 0.25) is 0 Å². The molecular weight excluding hydrogens is 372 g/mol. The quantitative estimate of drug-likeness (QED) is 0.372. The number of benzene rings is 1. The molecule has 158 valence electrons. The van der Waals surface area contributed by atoms with Crippen LogP contribution in [0.25, 0.3) is 0 Å². The zero-order valence-corrected chi connectivity index (χ0v) is 18.4. The Kier molecular flexibility index (Phi) is 9.25. The van der Waals surface area contributed by atoms with Crippen molar-refractivity contribution in [1.29, 1.82) is 0 Å². The number of hydrogen-bond acceptors (Lipinski definition) is 4. The second-order valence-corrected chi connectivity index (χ2v) is 9.98. The van der Waals surface area contributed by atoms with Gasteiger partial charge in [0.25, 0.3) is 0 Å². The predicted octanol–water partition coefficient (Wildman–Crippen LogP) is 2.03. The second-order valence-electron chi connectivity index (χ2n) is 7.68. The number of nitrogens with zero attached hydrogens (tertiary/aromatic N) is 2. The monoisotopic (exact) mass is 408 g/mol. The van der Waals surface area contributed by atoms with E-state index in [1.807, 2.05) is 0 Å². The Labute approximate surface area is 170 Å². The molecule has 0 saturated carbocycles. The van der Waals surface area contributed by atoms with Crippen molar-refractivity contribution in [2.24, 2.45) is 4.99 Å². The third-order valence-corrected chi connectivity index (χ3v) is 6.65. The van der Waals surface area contributed by atoms with Crippen LogP contribution in [0.15, 0.2) is 29.3 Å². The van der Waals surface area contributed by atoms with E-state index in [9.17, 15) is 8.42 Å². The maximum Gasteiger partial charge on any atom is 0.191 e. The Hall–Kier alpha value is -1.60. The zero-order chi connectivity index (χ0) is 20.4. The summed E-state index contributed by atoms with van der Waals surface area (Å²) in [4.78, 5) is 6.85. The molecule has 1 fully saturated rings. The average Bonchev–Trinajstić information content (AvgIpc) is 2.67. The smallest absolute Gasteiger partial charge is 0.191 e. The molecule has 0 unspecified atom stereocenters. The first-order valence-corrected chi connectivity index (χ1v) is 12.3. The van der Waals surface area contributed by atoms with E-state index in [0.717, 1.165) is 45.0 Å². The molecule has 0 amide bonds. The summed E-state index contributed by atoms with van der Waals surface area (Å²) < 4.78 is 23.0. The largest absolute Gasteiger partial charge is 0.357 e. The summed E-state index contributed by atoms with van der Waals surface area (Å²) in [5, 5.41) is 6.63. The summed E-state index contributed by atoms with van der Waals surface area (Å²) in [6.45, 7) is 11.0. The number of guanidine groups is 1. The van der Waals surface area contributed by atoms with Crippen LogP contribution in [-0.4, -0.2) is 70.1 Å². The summed E-state index contributed by atoms with van der Waals surface area (Å²) in [5.41, 5.74) is 2.74. The highest BCUT2D eigenvalue weighted by atomic mass is 32.2. The lowest BCUT2D eigenvalue weighted by Crippen LogP contribution is -2.46. The van der Waals surface area contributed by atoms with Gasteiger partial charge in [-0.25, -0.2) is 8.42 Å². The summed E-state index contributed by atoms with van der Waals surface area (Å²) in [7, 11) is -2.81. The summed E-state index contributed by atoms with van der Waals surface area (Å²) >= 11 is 0. The molecule has 1 aliphatic heterocycles. The molecule has 1 aromatic carbocycles. The zero-order valence-electron chi connectivity index (χ0n) is 17.6. The topological polar surface area (TPSA) is 73.8 Å². The van der Waals surface area contributed by atoms with Crippen LogP contribution in [0, 0.1) is 0 Å². The van der Waals surface area contributed by atoms with Crippen LogP contribution in [-0.2, 0) is 16.3 Å². The van der Waals surface area contributed by atoms with E-state index in [-0.39, 0.29) is 11.5 Å². The molecule has 1 saturated heterocycles. The number of sulfone groups is 1. The van der Waals surface area contributed by atoms with Crippen LogP contribution < -0.4 is 10.6 Å². The maximum absolute atomic E-state index is 11.5. The predicted molar refractivity (Wildman–Crippen MR) is 118 cm³/mol. The summed E-state index contributed by atoms with van der Waals surface area (Å²) in [5.74, 6) is 1.96. The first-order chi connectivity index (χ1) is 13.4. The molecule has 0 aliphatic carbocycles. The van der Waals surface area contributed by atoms with E-state index in [2.05, 4.69) is 65.6 Å². The third-order valence-electron chi connectivity index (χ3n) is 5.04. The normalized spacial score (nSPS) is 17.6. The molecule has 1 aromatic rings. The minimum atomic E-state index is -2.81. The van der Waals surface area contributed by atoms with Gasteiger partial charge in [0.05, 0.1) is 11.5 Å². The van der Waals surface area contributed by atoms with Crippen LogP contribution in [0.5, 0.6) is 0 Å². The first-order valence-electron chi connectivity index (χ1n) is 10.4. The molecule has 1 aliphatic rings. The lowest BCUT2D eigenvalue weighted by molar-refractivity contribution is 0.299. The SMILES string of the molecule is CCNC(=NCCCc1ccc(C(C)C)cc1)NCCN1CCS(=O)(=O)CC1. The molecule has 6 nitrogen and oxygen atoms in total. The molecule has 0 spiro atoms. The van der Waals surface area contributed by atoms with E-state index in [1.165, 1.54) is 11.1 Å². The number of hydrogen-bond donors (Lipinski definition) is 2. The van der Waals surface area contributed by atoms with Crippen molar-refractivity contribution >= 4 is 15.8 Å². The van der Waals surface area contributed by atoms with Gasteiger partial charge in [-0.3, -0.25) is 9.89 Å². The molecule has 0 bridgehead atoms. The average molecular weight is 409 g/mol. The summed E-state index contributed by atoms with van der Waals surface area (Å²) in [6.07, 6.45) is 2.05. The van der Waals surface area contributed by atoms with Crippen molar-refractivity contribution in [2.75, 3.05) is 50.8 Å². The molecule has 2 N–H and O–H groups in total. The van der Waals surface area contributed by atoms with Gasteiger partial charge in [-0.05, 0) is 36.8 Å². The standard InChI is InChI=1S/C21H36N4O2S/c1-4-22-21(24-12-13-25-14-16-28(26,27)17-15-25)23-11-5-6-19-7-9-20(10-8-19)18(2)3/h7-10,18H,4-6,11-17H2,1-3H3,(H2,22,23,24). The van der Waals surface area contributed by atoms with Gasteiger partial charge in [0.2, 0.25) is 0 Å². The van der Waals surface area contributed by atoms with Crippen LogP contribution in [0.4, 0.5) is 0 Å². The molecule has 28 heavy (non-hydrogen) atoms. The first kappa shape index (κ1) is 22.7. The molecule has 0 aromatic heterocycles. The van der Waals surface area contributed by atoms with Crippen LogP contribution in [0.3, 0.4) is 0 Å². The lowest BCUT2D eigenvalue weighted by Gasteiger charge is -2.26.